The maximum Gasteiger partial charge on any atom is 0.305 e. The molecule has 0 saturated carbocycles. The Bertz CT molecular complexity index is 606. The molecule has 0 radical (unpaired) electrons. The molecule has 1 amide bonds. The molecule has 3 N–H and O–H groups in total. The summed E-state index contributed by atoms with van der Waals surface area (Å²) >= 11 is 5.85. The number of carboxylic acid groups (broad SMARTS) is 1. The van der Waals surface area contributed by atoms with Gasteiger partial charge in [0.05, 0.1) is 6.42 Å². The van der Waals surface area contributed by atoms with Crippen LogP contribution in [0.15, 0.2) is 24.3 Å². The third kappa shape index (κ3) is 2.81. The van der Waals surface area contributed by atoms with Crippen molar-refractivity contribution >= 4 is 34.4 Å². The summed E-state index contributed by atoms with van der Waals surface area (Å²) in [5.74, 6) is -1.28. The molecule has 0 aliphatic rings. The van der Waals surface area contributed by atoms with E-state index in [2.05, 4.69) is 10.3 Å². The van der Waals surface area contributed by atoms with E-state index in [4.69, 9.17) is 16.7 Å². The molecular formula is C12H11ClN2O3. The van der Waals surface area contributed by atoms with Crippen LogP contribution in [0.1, 0.15) is 16.9 Å². The van der Waals surface area contributed by atoms with Crippen molar-refractivity contribution in [2.24, 2.45) is 0 Å². The summed E-state index contributed by atoms with van der Waals surface area (Å²) in [6.07, 6.45) is -0.0994. The molecule has 1 aromatic carbocycles. The number of aliphatic carboxylic acids is 1. The molecule has 0 aliphatic carbocycles. The van der Waals surface area contributed by atoms with E-state index in [9.17, 15) is 9.59 Å². The molecule has 6 heteroatoms. The van der Waals surface area contributed by atoms with Crippen molar-refractivity contribution < 1.29 is 14.7 Å². The van der Waals surface area contributed by atoms with Crippen LogP contribution in [0, 0.1) is 0 Å². The number of nitrogens with one attached hydrogen (secondary N) is 2. The second kappa shape index (κ2) is 5.10. The lowest BCUT2D eigenvalue weighted by atomic mass is 10.2. The number of carbonyl (C=O) groups is 2. The maximum atomic E-state index is 11.7. The van der Waals surface area contributed by atoms with Crippen LogP contribution in [0.3, 0.4) is 0 Å². The Hall–Kier alpha value is -2.01. The van der Waals surface area contributed by atoms with Gasteiger partial charge in [-0.1, -0.05) is 11.6 Å². The van der Waals surface area contributed by atoms with Crippen LogP contribution in [-0.4, -0.2) is 28.5 Å². The first kappa shape index (κ1) is 12.4. The minimum atomic E-state index is -0.946. The average molecular weight is 267 g/mol. The molecule has 2 aromatic rings. The highest BCUT2D eigenvalue weighted by atomic mass is 35.5. The lowest BCUT2D eigenvalue weighted by Gasteiger charge is -2.00. The number of hydrogen-bond acceptors (Lipinski definition) is 2. The average Bonchev–Trinajstić information content (AvgIpc) is 2.71. The lowest BCUT2D eigenvalue weighted by molar-refractivity contribution is -0.136. The molecule has 0 saturated heterocycles. The first-order valence-electron chi connectivity index (χ1n) is 5.34. The molecule has 0 atom stereocenters. The highest BCUT2D eigenvalue weighted by Gasteiger charge is 2.09. The second-order valence-electron chi connectivity index (χ2n) is 3.81. The Morgan fingerprint density at radius 1 is 1.33 bits per heavy atom. The third-order valence-corrected chi connectivity index (χ3v) is 2.69. The number of aromatic amines is 1. The topological polar surface area (TPSA) is 82.2 Å². The van der Waals surface area contributed by atoms with Gasteiger partial charge in [-0.3, -0.25) is 9.59 Å². The summed E-state index contributed by atoms with van der Waals surface area (Å²) in [7, 11) is 0. The number of halogens is 1. The van der Waals surface area contributed by atoms with E-state index in [1.165, 1.54) is 0 Å². The van der Waals surface area contributed by atoms with Gasteiger partial charge in [0, 0.05) is 22.5 Å². The van der Waals surface area contributed by atoms with Crippen LogP contribution < -0.4 is 5.32 Å². The number of amides is 1. The number of benzene rings is 1. The SMILES string of the molecule is O=C(O)CCNC(=O)c1cc2cc(Cl)ccc2[nH]1. The van der Waals surface area contributed by atoms with E-state index >= 15 is 0 Å². The summed E-state index contributed by atoms with van der Waals surface area (Å²) in [6, 6.07) is 6.94. The summed E-state index contributed by atoms with van der Waals surface area (Å²) in [4.78, 5) is 25.0. The van der Waals surface area contributed by atoms with Gasteiger partial charge in [-0.15, -0.1) is 0 Å². The fourth-order valence-electron chi connectivity index (χ4n) is 1.60. The Morgan fingerprint density at radius 2 is 2.11 bits per heavy atom. The number of carboxylic acids is 1. The number of fused-ring (bicyclic) bond motifs is 1. The molecule has 0 spiro atoms. The zero-order valence-electron chi connectivity index (χ0n) is 9.37. The highest BCUT2D eigenvalue weighted by Crippen LogP contribution is 2.19. The Balaban J connectivity index is 2.10. The number of aromatic nitrogens is 1. The van der Waals surface area contributed by atoms with E-state index < -0.39 is 5.97 Å². The van der Waals surface area contributed by atoms with Gasteiger partial charge >= 0.3 is 5.97 Å². The molecule has 0 bridgehead atoms. The zero-order valence-corrected chi connectivity index (χ0v) is 10.1. The van der Waals surface area contributed by atoms with Crippen LogP contribution in [0.2, 0.25) is 5.02 Å². The van der Waals surface area contributed by atoms with Crippen LogP contribution >= 0.6 is 11.6 Å². The summed E-state index contributed by atoms with van der Waals surface area (Å²) < 4.78 is 0. The molecule has 94 valence electrons. The van der Waals surface area contributed by atoms with Crippen LogP contribution in [-0.2, 0) is 4.79 Å². The molecule has 1 aromatic heterocycles. The fraction of sp³-hybridized carbons (Fsp3) is 0.167. The van der Waals surface area contributed by atoms with Gasteiger partial charge in [0.2, 0.25) is 0 Å². The number of carbonyl (C=O) groups excluding carboxylic acids is 1. The summed E-state index contributed by atoms with van der Waals surface area (Å²) in [5, 5.41) is 12.4. The first-order valence-corrected chi connectivity index (χ1v) is 5.72. The number of hydrogen-bond donors (Lipinski definition) is 3. The third-order valence-electron chi connectivity index (χ3n) is 2.45. The molecule has 0 unspecified atom stereocenters. The minimum Gasteiger partial charge on any atom is -0.481 e. The van der Waals surface area contributed by atoms with Gasteiger partial charge in [0.1, 0.15) is 5.69 Å². The van der Waals surface area contributed by atoms with Crippen LogP contribution in [0.4, 0.5) is 0 Å². The van der Waals surface area contributed by atoms with Gasteiger partial charge in [0.25, 0.3) is 5.91 Å². The highest BCUT2D eigenvalue weighted by molar-refractivity contribution is 6.31. The summed E-state index contributed by atoms with van der Waals surface area (Å²) in [5.41, 5.74) is 1.19. The monoisotopic (exact) mass is 266 g/mol. The largest absolute Gasteiger partial charge is 0.481 e. The smallest absolute Gasteiger partial charge is 0.305 e. The Kier molecular flexibility index (Phi) is 3.53. The van der Waals surface area contributed by atoms with Crippen molar-refractivity contribution in [3.8, 4) is 0 Å². The normalized spacial score (nSPS) is 10.5. The van der Waals surface area contributed by atoms with Crippen LogP contribution in [0.5, 0.6) is 0 Å². The molecule has 18 heavy (non-hydrogen) atoms. The molecular weight excluding hydrogens is 256 g/mol. The number of rotatable bonds is 4. The minimum absolute atomic E-state index is 0.0994. The standard InChI is InChI=1S/C12H11ClN2O3/c13-8-1-2-9-7(5-8)6-10(15-9)12(18)14-4-3-11(16)17/h1-2,5-6,15H,3-4H2,(H,14,18)(H,16,17). The fourth-order valence-corrected chi connectivity index (χ4v) is 1.78. The molecule has 2 rings (SSSR count). The van der Waals surface area contributed by atoms with E-state index in [1.54, 1.807) is 24.3 Å². The van der Waals surface area contributed by atoms with Crippen molar-refractivity contribution in [3.05, 3.63) is 35.0 Å². The Labute approximate surface area is 108 Å². The van der Waals surface area contributed by atoms with Crippen molar-refractivity contribution in [2.75, 3.05) is 6.54 Å². The first-order chi connectivity index (χ1) is 8.56. The van der Waals surface area contributed by atoms with Crippen molar-refractivity contribution in [1.82, 2.24) is 10.3 Å². The summed E-state index contributed by atoms with van der Waals surface area (Å²) in [6.45, 7) is 0.101. The lowest BCUT2D eigenvalue weighted by Crippen LogP contribution is -2.26. The van der Waals surface area contributed by atoms with Gasteiger partial charge in [-0.05, 0) is 24.3 Å². The van der Waals surface area contributed by atoms with Gasteiger partial charge in [-0.2, -0.15) is 0 Å². The van der Waals surface area contributed by atoms with Crippen molar-refractivity contribution in [1.29, 1.82) is 0 Å². The van der Waals surface area contributed by atoms with Crippen molar-refractivity contribution in [2.45, 2.75) is 6.42 Å². The molecule has 1 heterocycles. The van der Waals surface area contributed by atoms with E-state index in [1.807, 2.05) is 0 Å². The predicted molar refractivity (Wildman–Crippen MR) is 67.9 cm³/mol. The Morgan fingerprint density at radius 3 is 2.83 bits per heavy atom. The van der Waals surface area contributed by atoms with Crippen molar-refractivity contribution in [3.63, 3.8) is 0 Å². The molecule has 0 aliphatic heterocycles. The van der Waals surface area contributed by atoms with Gasteiger partial charge in [0.15, 0.2) is 0 Å². The van der Waals surface area contributed by atoms with E-state index in [0.717, 1.165) is 10.9 Å². The van der Waals surface area contributed by atoms with E-state index in [0.29, 0.717) is 10.7 Å². The van der Waals surface area contributed by atoms with E-state index in [-0.39, 0.29) is 18.9 Å². The molecule has 5 nitrogen and oxygen atoms in total. The van der Waals surface area contributed by atoms with Gasteiger partial charge < -0.3 is 15.4 Å². The number of H-pyrrole nitrogens is 1. The van der Waals surface area contributed by atoms with Crippen LogP contribution in [0.25, 0.3) is 10.9 Å². The predicted octanol–water partition coefficient (Wildman–Crippen LogP) is 2.03. The zero-order chi connectivity index (χ0) is 13.1. The maximum absolute atomic E-state index is 11.7. The molecule has 0 fully saturated rings. The second-order valence-corrected chi connectivity index (χ2v) is 4.25. The van der Waals surface area contributed by atoms with Gasteiger partial charge in [-0.25, -0.2) is 0 Å². The quantitative estimate of drug-likeness (QED) is 0.792.